The van der Waals surface area contributed by atoms with Crippen LogP contribution in [0.15, 0.2) is 73.1 Å². The first-order chi connectivity index (χ1) is 15.5. The number of nitrogens with one attached hydrogen (secondary N) is 2. The molecule has 0 bridgehead atoms. The van der Waals surface area contributed by atoms with Gasteiger partial charge in [0, 0.05) is 5.56 Å². The molecular weight excluding hydrogens is 396 g/mol. The Bertz CT molecular complexity index is 1380. The second kappa shape index (κ2) is 8.07. The Morgan fingerprint density at radius 3 is 1.56 bits per heavy atom. The highest BCUT2D eigenvalue weighted by molar-refractivity contribution is 5.90. The molecule has 6 heteroatoms. The topological polar surface area (TPSA) is 109 Å². The van der Waals surface area contributed by atoms with E-state index < -0.39 is 0 Å². The summed E-state index contributed by atoms with van der Waals surface area (Å²) in [6, 6.07) is 21.2. The molecule has 6 nitrogen and oxygen atoms in total. The third-order valence-corrected chi connectivity index (χ3v) is 5.73. The standard InChI is InChI=1S/C26H26N6/c1-15(27)25-29-13-23(31-25)18-5-3-17(4-6-18)19-7-8-21-12-22(10-9-20(21)11-19)24-14-30-26(32-24)16(2)28/h3-16H,27-28H2,1-2H3,(H,29,31)(H,30,32). The van der Waals surface area contributed by atoms with E-state index in [0.717, 1.165) is 34.2 Å². The Balaban J connectivity index is 1.41. The number of aromatic amines is 2. The van der Waals surface area contributed by atoms with Crippen molar-refractivity contribution in [2.75, 3.05) is 0 Å². The van der Waals surface area contributed by atoms with E-state index in [-0.39, 0.29) is 12.1 Å². The lowest BCUT2D eigenvalue weighted by Gasteiger charge is -2.07. The zero-order valence-electron chi connectivity index (χ0n) is 18.1. The SMILES string of the molecule is CC(N)c1ncc(-c2ccc(-c3ccc4cc(-c5cnc(C(C)N)[nH]5)ccc4c3)cc2)[nH]1. The summed E-state index contributed by atoms with van der Waals surface area (Å²) in [6.07, 6.45) is 3.67. The molecule has 0 aliphatic rings. The summed E-state index contributed by atoms with van der Waals surface area (Å²) in [5.74, 6) is 1.59. The summed E-state index contributed by atoms with van der Waals surface area (Å²) in [4.78, 5) is 15.3. The zero-order valence-corrected chi connectivity index (χ0v) is 18.1. The van der Waals surface area contributed by atoms with E-state index in [1.807, 2.05) is 26.2 Å². The van der Waals surface area contributed by atoms with Gasteiger partial charge in [-0.15, -0.1) is 0 Å². The second-order valence-corrected chi connectivity index (χ2v) is 8.30. The molecule has 0 amide bonds. The van der Waals surface area contributed by atoms with Crippen molar-refractivity contribution in [3.63, 3.8) is 0 Å². The Morgan fingerprint density at radius 2 is 1.03 bits per heavy atom. The van der Waals surface area contributed by atoms with E-state index in [9.17, 15) is 0 Å². The van der Waals surface area contributed by atoms with Gasteiger partial charge in [0.25, 0.3) is 0 Å². The fraction of sp³-hybridized carbons (Fsp3) is 0.154. The molecule has 6 N–H and O–H groups in total. The number of hydrogen-bond donors (Lipinski definition) is 4. The summed E-state index contributed by atoms with van der Waals surface area (Å²) < 4.78 is 0. The number of rotatable bonds is 5. The maximum Gasteiger partial charge on any atom is 0.123 e. The number of nitrogens with zero attached hydrogens (tertiary/aromatic N) is 2. The van der Waals surface area contributed by atoms with Gasteiger partial charge in [-0.05, 0) is 53.4 Å². The molecule has 2 aromatic heterocycles. The highest BCUT2D eigenvalue weighted by Gasteiger charge is 2.09. The highest BCUT2D eigenvalue weighted by Crippen LogP contribution is 2.29. The van der Waals surface area contributed by atoms with Gasteiger partial charge in [0.2, 0.25) is 0 Å². The molecular formula is C26H26N6. The fourth-order valence-electron chi connectivity index (χ4n) is 3.86. The molecule has 5 aromatic rings. The lowest BCUT2D eigenvalue weighted by atomic mass is 9.98. The number of benzene rings is 3. The molecule has 0 fully saturated rings. The third-order valence-electron chi connectivity index (χ3n) is 5.73. The molecule has 2 atom stereocenters. The normalized spacial score (nSPS) is 13.4. The van der Waals surface area contributed by atoms with Crippen LogP contribution in [0.25, 0.3) is 44.4 Å². The van der Waals surface area contributed by atoms with Crippen molar-refractivity contribution in [3.05, 3.63) is 84.7 Å². The molecule has 2 heterocycles. The minimum absolute atomic E-state index is 0.110. The largest absolute Gasteiger partial charge is 0.341 e. The first-order valence-corrected chi connectivity index (χ1v) is 10.7. The van der Waals surface area contributed by atoms with Gasteiger partial charge in [-0.2, -0.15) is 0 Å². The smallest absolute Gasteiger partial charge is 0.123 e. The van der Waals surface area contributed by atoms with Crippen molar-refractivity contribution in [3.8, 4) is 33.6 Å². The summed E-state index contributed by atoms with van der Waals surface area (Å²) in [7, 11) is 0. The molecule has 160 valence electrons. The van der Waals surface area contributed by atoms with Crippen molar-refractivity contribution in [2.24, 2.45) is 11.5 Å². The molecule has 0 aliphatic heterocycles. The van der Waals surface area contributed by atoms with Gasteiger partial charge in [-0.1, -0.05) is 48.5 Å². The van der Waals surface area contributed by atoms with Crippen molar-refractivity contribution in [2.45, 2.75) is 25.9 Å². The van der Waals surface area contributed by atoms with E-state index in [4.69, 9.17) is 11.5 Å². The van der Waals surface area contributed by atoms with E-state index in [2.05, 4.69) is 80.6 Å². The van der Waals surface area contributed by atoms with Crippen LogP contribution in [0.3, 0.4) is 0 Å². The van der Waals surface area contributed by atoms with Crippen LogP contribution in [0.5, 0.6) is 0 Å². The van der Waals surface area contributed by atoms with Gasteiger partial charge >= 0.3 is 0 Å². The van der Waals surface area contributed by atoms with Crippen LogP contribution in [0.2, 0.25) is 0 Å². The average Bonchev–Trinajstić information content (AvgIpc) is 3.49. The summed E-state index contributed by atoms with van der Waals surface area (Å²) in [5.41, 5.74) is 18.3. The molecule has 0 spiro atoms. The Morgan fingerprint density at radius 1 is 0.594 bits per heavy atom. The van der Waals surface area contributed by atoms with E-state index in [1.165, 1.54) is 21.9 Å². The second-order valence-electron chi connectivity index (χ2n) is 8.30. The number of nitrogens with two attached hydrogens (primary N) is 2. The fourth-order valence-corrected chi connectivity index (χ4v) is 3.86. The van der Waals surface area contributed by atoms with Crippen LogP contribution in [0.1, 0.15) is 37.6 Å². The van der Waals surface area contributed by atoms with Crippen LogP contribution in [0.4, 0.5) is 0 Å². The van der Waals surface area contributed by atoms with Gasteiger partial charge in [0.1, 0.15) is 11.6 Å². The first-order valence-electron chi connectivity index (χ1n) is 10.7. The molecule has 32 heavy (non-hydrogen) atoms. The maximum atomic E-state index is 5.92. The van der Waals surface area contributed by atoms with Crippen LogP contribution >= 0.6 is 0 Å². The van der Waals surface area contributed by atoms with Gasteiger partial charge in [-0.3, -0.25) is 0 Å². The van der Waals surface area contributed by atoms with Gasteiger partial charge in [-0.25, -0.2) is 9.97 Å². The lowest BCUT2D eigenvalue weighted by molar-refractivity contribution is 0.756. The van der Waals surface area contributed by atoms with Crippen molar-refractivity contribution in [1.82, 2.24) is 19.9 Å². The number of imidazole rings is 2. The first kappa shape index (κ1) is 20.2. The molecule has 5 rings (SSSR count). The molecule has 0 aliphatic carbocycles. The number of hydrogen-bond acceptors (Lipinski definition) is 4. The van der Waals surface area contributed by atoms with Crippen LogP contribution in [-0.4, -0.2) is 19.9 Å². The lowest BCUT2D eigenvalue weighted by Crippen LogP contribution is -2.06. The van der Waals surface area contributed by atoms with Crippen LogP contribution in [0, 0.1) is 0 Å². The van der Waals surface area contributed by atoms with Crippen molar-refractivity contribution in [1.29, 1.82) is 0 Å². The van der Waals surface area contributed by atoms with Gasteiger partial charge < -0.3 is 21.4 Å². The Kier molecular flexibility index (Phi) is 5.09. The molecule has 0 radical (unpaired) electrons. The zero-order chi connectivity index (χ0) is 22.2. The van der Waals surface area contributed by atoms with E-state index >= 15 is 0 Å². The minimum atomic E-state index is -0.113. The molecule has 0 saturated carbocycles. The number of fused-ring (bicyclic) bond motifs is 1. The quantitative estimate of drug-likeness (QED) is 0.307. The summed E-state index contributed by atoms with van der Waals surface area (Å²) in [5, 5.41) is 2.37. The van der Waals surface area contributed by atoms with Crippen molar-refractivity contribution >= 4 is 10.8 Å². The number of H-pyrrole nitrogens is 2. The van der Waals surface area contributed by atoms with Crippen molar-refractivity contribution < 1.29 is 0 Å². The summed E-state index contributed by atoms with van der Waals surface area (Å²) >= 11 is 0. The third kappa shape index (κ3) is 3.82. The average molecular weight is 423 g/mol. The van der Waals surface area contributed by atoms with Gasteiger partial charge in [0.15, 0.2) is 0 Å². The van der Waals surface area contributed by atoms with Crippen LogP contribution < -0.4 is 11.5 Å². The molecule has 2 unspecified atom stereocenters. The predicted octanol–water partition coefficient (Wildman–Crippen LogP) is 5.33. The maximum absolute atomic E-state index is 5.92. The van der Waals surface area contributed by atoms with E-state index in [0.29, 0.717) is 0 Å². The van der Waals surface area contributed by atoms with Gasteiger partial charge in [0.05, 0.1) is 35.9 Å². The Hall–Kier alpha value is -3.74. The predicted molar refractivity (Wildman–Crippen MR) is 130 cm³/mol. The summed E-state index contributed by atoms with van der Waals surface area (Å²) in [6.45, 7) is 3.84. The minimum Gasteiger partial charge on any atom is -0.341 e. The Labute approximate surface area is 186 Å². The molecule has 3 aromatic carbocycles. The molecule has 0 saturated heterocycles. The number of aromatic nitrogens is 4. The highest BCUT2D eigenvalue weighted by atomic mass is 15.0. The monoisotopic (exact) mass is 422 g/mol. The van der Waals surface area contributed by atoms with Crippen LogP contribution in [-0.2, 0) is 0 Å². The van der Waals surface area contributed by atoms with E-state index in [1.54, 1.807) is 0 Å².